The fourth-order valence-electron chi connectivity index (χ4n) is 2.54. The molecule has 3 rings (SSSR count). The van der Waals surface area contributed by atoms with Crippen molar-refractivity contribution >= 4 is 10.1 Å². The minimum atomic E-state index is -3.82. The Hall–Kier alpha value is -2.05. The highest BCUT2D eigenvalue weighted by Gasteiger charge is 2.29. The van der Waals surface area contributed by atoms with Crippen LogP contribution in [0.4, 0.5) is 0 Å². The van der Waals surface area contributed by atoms with Gasteiger partial charge in [0.2, 0.25) is 0 Å². The number of aryl methyl sites for hydroxylation is 1. The average molecular weight is 334 g/mol. The Labute approximate surface area is 135 Å². The lowest BCUT2D eigenvalue weighted by molar-refractivity contribution is 0.0891. The number of hydrogen-bond acceptors (Lipinski definition) is 5. The first-order valence-corrected chi connectivity index (χ1v) is 8.80. The smallest absolute Gasteiger partial charge is 0.297 e. The van der Waals surface area contributed by atoms with Crippen LogP contribution in [0.5, 0.6) is 11.5 Å². The summed E-state index contributed by atoms with van der Waals surface area (Å²) in [6.07, 6.45) is -0.505. The third kappa shape index (κ3) is 3.18. The Morgan fingerprint density at radius 1 is 1.17 bits per heavy atom. The van der Waals surface area contributed by atoms with E-state index in [1.165, 1.54) is 0 Å². The predicted octanol–water partition coefficient (Wildman–Crippen LogP) is 3.23. The summed E-state index contributed by atoms with van der Waals surface area (Å²) in [5.74, 6) is 1.26. The third-order valence-corrected chi connectivity index (χ3v) is 5.02. The number of fused-ring (bicyclic) bond motifs is 1. The molecular weight excluding hydrogens is 316 g/mol. The molecule has 5 nitrogen and oxygen atoms in total. The third-order valence-electron chi connectivity index (χ3n) is 3.56. The molecule has 1 unspecified atom stereocenters. The minimum absolute atomic E-state index is 0.0838. The Morgan fingerprint density at radius 3 is 2.65 bits per heavy atom. The van der Waals surface area contributed by atoms with Gasteiger partial charge in [0.05, 0.1) is 6.61 Å². The molecule has 1 aliphatic heterocycles. The zero-order valence-corrected chi connectivity index (χ0v) is 13.8. The van der Waals surface area contributed by atoms with E-state index in [0.29, 0.717) is 17.1 Å². The summed E-state index contributed by atoms with van der Waals surface area (Å²) in [5.41, 5.74) is 1.49. The molecule has 0 amide bonds. The summed E-state index contributed by atoms with van der Waals surface area (Å²) in [6, 6.07) is 12.4. The van der Waals surface area contributed by atoms with Crippen LogP contribution in [0.2, 0.25) is 0 Å². The van der Waals surface area contributed by atoms with Gasteiger partial charge in [-0.1, -0.05) is 29.8 Å². The van der Waals surface area contributed by atoms with Gasteiger partial charge in [0, 0.05) is 5.56 Å². The van der Waals surface area contributed by atoms with E-state index in [1.54, 1.807) is 31.2 Å². The topological polar surface area (TPSA) is 61.8 Å². The normalized spacial score (nSPS) is 17.0. The van der Waals surface area contributed by atoms with E-state index in [-0.39, 0.29) is 18.1 Å². The van der Waals surface area contributed by atoms with Crippen LogP contribution in [-0.4, -0.2) is 21.6 Å². The molecule has 23 heavy (non-hydrogen) atoms. The van der Waals surface area contributed by atoms with Crippen molar-refractivity contribution in [1.29, 1.82) is 0 Å². The molecule has 0 aromatic heterocycles. The van der Waals surface area contributed by atoms with Crippen LogP contribution in [0, 0.1) is 6.92 Å². The second-order valence-electron chi connectivity index (χ2n) is 5.27. The number of para-hydroxylation sites is 2. The molecule has 0 saturated carbocycles. The molecular formula is C17H18O5S. The maximum Gasteiger partial charge on any atom is 0.297 e. The maximum atomic E-state index is 12.3. The van der Waals surface area contributed by atoms with E-state index >= 15 is 0 Å². The lowest BCUT2D eigenvalue weighted by atomic mass is 10.1. The van der Waals surface area contributed by atoms with Gasteiger partial charge >= 0.3 is 0 Å². The number of hydrogen-bond donors (Lipinski definition) is 0. The lowest BCUT2D eigenvalue weighted by Gasteiger charge is -2.28. The van der Waals surface area contributed by atoms with Crippen LogP contribution in [0.1, 0.15) is 24.2 Å². The molecule has 0 bridgehead atoms. The van der Waals surface area contributed by atoms with Gasteiger partial charge in [0.15, 0.2) is 17.6 Å². The van der Waals surface area contributed by atoms with Gasteiger partial charge < -0.3 is 9.47 Å². The molecule has 1 atom stereocenters. The zero-order chi connectivity index (χ0) is 16.4. The van der Waals surface area contributed by atoms with Crippen molar-refractivity contribution in [3.05, 3.63) is 53.6 Å². The molecule has 0 spiro atoms. The van der Waals surface area contributed by atoms with E-state index in [9.17, 15) is 8.42 Å². The van der Waals surface area contributed by atoms with Gasteiger partial charge in [0.1, 0.15) is 11.5 Å². The second-order valence-corrected chi connectivity index (χ2v) is 6.85. The molecule has 0 aliphatic carbocycles. The van der Waals surface area contributed by atoms with E-state index in [0.717, 1.165) is 5.56 Å². The van der Waals surface area contributed by atoms with Crippen LogP contribution < -0.4 is 9.47 Å². The lowest BCUT2D eigenvalue weighted by Crippen LogP contribution is -2.24. The van der Waals surface area contributed by atoms with E-state index in [2.05, 4.69) is 0 Å². The molecule has 2 aromatic carbocycles. The molecule has 0 radical (unpaired) electrons. The zero-order valence-electron chi connectivity index (χ0n) is 13.0. The van der Waals surface area contributed by atoms with Gasteiger partial charge in [-0.2, -0.15) is 8.42 Å². The Balaban J connectivity index is 2.02. The van der Waals surface area contributed by atoms with Gasteiger partial charge in [-0.25, -0.2) is 0 Å². The number of rotatable bonds is 4. The van der Waals surface area contributed by atoms with Crippen molar-refractivity contribution in [2.45, 2.75) is 24.8 Å². The Kier molecular flexibility index (Phi) is 4.28. The van der Waals surface area contributed by atoms with E-state index in [4.69, 9.17) is 13.7 Å². The van der Waals surface area contributed by atoms with Crippen LogP contribution in [-0.2, 0) is 14.3 Å². The minimum Gasteiger partial charge on any atom is -0.485 e. The summed E-state index contributed by atoms with van der Waals surface area (Å²) < 4.78 is 41.2. The van der Waals surface area contributed by atoms with Gasteiger partial charge in [0.25, 0.3) is 10.1 Å². The van der Waals surface area contributed by atoms with Crippen molar-refractivity contribution in [3.63, 3.8) is 0 Å². The molecule has 1 heterocycles. The molecule has 0 saturated heterocycles. The summed E-state index contributed by atoms with van der Waals surface area (Å²) >= 11 is 0. The van der Waals surface area contributed by atoms with Crippen molar-refractivity contribution in [3.8, 4) is 11.5 Å². The highest BCUT2D eigenvalue weighted by molar-refractivity contribution is 7.86. The molecule has 1 aliphatic rings. The molecule has 122 valence electrons. The standard InChI is InChI=1S/C17H18O5S/c1-3-21-23(18,19)17-9-8-12(2)10-13(17)16-11-20-14-6-4-5-7-15(14)22-16/h4-10,16H,3,11H2,1-2H3. The molecule has 6 heteroatoms. The van der Waals surface area contributed by atoms with Crippen LogP contribution >= 0.6 is 0 Å². The van der Waals surface area contributed by atoms with Crippen molar-refractivity contribution in [2.75, 3.05) is 13.2 Å². The average Bonchev–Trinajstić information content (AvgIpc) is 2.54. The SMILES string of the molecule is CCOS(=O)(=O)c1ccc(C)cc1C1COc2ccccc2O1. The largest absolute Gasteiger partial charge is 0.485 e. The highest BCUT2D eigenvalue weighted by atomic mass is 32.2. The fraction of sp³-hybridized carbons (Fsp3) is 0.294. The van der Waals surface area contributed by atoms with E-state index in [1.807, 2.05) is 25.1 Å². The summed E-state index contributed by atoms with van der Waals surface area (Å²) in [6.45, 7) is 3.87. The highest BCUT2D eigenvalue weighted by Crippen LogP contribution is 2.38. The van der Waals surface area contributed by atoms with Gasteiger partial charge in [-0.15, -0.1) is 0 Å². The molecule has 2 aromatic rings. The summed E-state index contributed by atoms with van der Waals surface area (Å²) in [7, 11) is -3.82. The quantitative estimate of drug-likeness (QED) is 0.803. The van der Waals surface area contributed by atoms with Crippen molar-refractivity contribution in [1.82, 2.24) is 0 Å². The maximum absolute atomic E-state index is 12.3. The molecule has 0 N–H and O–H groups in total. The number of benzene rings is 2. The van der Waals surface area contributed by atoms with Gasteiger partial charge in [-0.05, 0) is 32.0 Å². The first kappa shape index (κ1) is 15.8. The summed E-state index contributed by atoms with van der Waals surface area (Å²) in [4.78, 5) is 0.123. The first-order chi connectivity index (χ1) is 11.0. The van der Waals surface area contributed by atoms with Crippen molar-refractivity contribution in [2.24, 2.45) is 0 Å². The molecule has 0 fully saturated rings. The number of ether oxygens (including phenoxy) is 2. The van der Waals surface area contributed by atoms with E-state index < -0.39 is 16.2 Å². The summed E-state index contributed by atoms with van der Waals surface area (Å²) in [5, 5.41) is 0. The van der Waals surface area contributed by atoms with Crippen LogP contribution in [0.25, 0.3) is 0 Å². The second kappa shape index (κ2) is 6.22. The van der Waals surface area contributed by atoms with Crippen LogP contribution in [0.15, 0.2) is 47.4 Å². The first-order valence-electron chi connectivity index (χ1n) is 7.39. The Bertz CT molecular complexity index is 813. The van der Waals surface area contributed by atoms with Crippen molar-refractivity contribution < 1.29 is 22.1 Å². The van der Waals surface area contributed by atoms with Crippen LogP contribution in [0.3, 0.4) is 0 Å². The van der Waals surface area contributed by atoms with Gasteiger partial charge in [-0.3, -0.25) is 4.18 Å². The monoisotopic (exact) mass is 334 g/mol. The predicted molar refractivity (Wildman–Crippen MR) is 85.3 cm³/mol. The Morgan fingerprint density at radius 2 is 1.91 bits per heavy atom. The fourth-order valence-corrected chi connectivity index (χ4v) is 3.69.